The summed E-state index contributed by atoms with van der Waals surface area (Å²) < 4.78 is 1.80. The largest absolute Gasteiger partial charge is 0.222 e. The maximum atomic E-state index is 6.26. The smallest absolute Gasteiger partial charge is 0.133 e. The quantitative estimate of drug-likeness (QED) is 0.742. The van der Waals surface area contributed by atoms with Gasteiger partial charge in [-0.15, -0.1) is 0 Å². The Morgan fingerprint density at radius 3 is 2.35 bits per heavy atom. The molecule has 1 aromatic heterocycles. The van der Waals surface area contributed by atoms with Gasteiger partial charge in [0, 0.05) is 5.41 Å². The van der Waals surface area contributed by atoms with E-state index in [0.717, 1.165) is 16.9 Å². The van der Waals surface area contributed by atoms with E-state index in [0.29, 0.717) is 5.15 Å². The molecule has 0 atom stereocenters. The average molecular weight is 249 g/mol. The highest BCUT2D eigenvalue weighted by Crippen LogP contribution is 2.26. The van der Waals surface area contributed by atoms with Gasteiger partial charge >= 0.3 is 0 Å². The molecule has 2 rings (SSSR count). The van der Waals surface area contributed by atoms with Gasteiger partial charge in [0.15, 0.2) is 0 Å². The molecule has 0 saturated heterocycles. The highest BCUT2D eigenvalue weighted by molar-refractivity contribution is 6.29. The lowest BCUT2D eigenvalue weighted by molar-refractivity contribution is 0.560. The fourth-order valence-electron chi connectivity index (χ4n) is 1.69. The van der Waals surface area contributed by atoms with E-state index < -0.39 is 0 Å². The molecule has 0 spiro atoms. The molecule has 17 heavy (non-hydrogen) atoms. The molecule has 2 nitrogen and oxygen atoms in total. The van der Waals surface area contributed by atoms with Crippen molar-refractivity contribution in [3.05, 3.63) is 46.7 Å². The molecule has 0 saturated carbocycles. The predicted octanol–water partition coefficient (Wildman–Crippen LogP) is 4.13. The minimum atomic E-state index is 0.0115. The van der Waals surface area contributed by atoms with E-state index in [1.165, 1.54) is 0 Å². The van der Waals surface area contributed by atoms with Crippen molar-refractivity contribution in [3.63, 3.8) is 0 Å². The fraction of sp³-hybridized carbons (Fsp3) is 0.357. The van der Waals surface area contributed by atoms with Crippen LogP contribution in [0.2, 0.25) is 5.15 Å². The summed E-state index contributed by atoms with van der Waals surface area (Å²) in [6.07, 6.45) is 0. The lowest BCUT2D eigenvalue weighted by Gasteiger charge is -2.14. The number of nitrogens with zero attached hydrogens (tertiary/aromatic N) is 2. The van der Waals surface area contributed by atoms with Crippen molar-refractivity contribution >= 4 is 11.6 Å². The van der Waals surface area contributed by atoms with Gasteiger partial charge in [-0.1, -0.05) is 50.6 Å². The molecule has 0 unspecified atom stereocenters. The molecular weight excluding hydrogens is 232 g/mol. The van der Waals surface area contributed by atoms with Crippen molar-refractivity contribution in [2.45, 2.75) is 33.1 Å². The van der Waals surface area contributed by atoms with Crippen LogP contribution in [-0.4, -0.2) is 9.78 Å². The van der Waals surface area contributed by atoms with Crippen molar-refractivity contribution in [1.29, 1.82) is 0 Å². The van der Waals surface area contributed by atoms with Crippen molar-refractivity contribution in [1.82, 2.24) is 9.78 Å². The molecule has 0 radical (unpaired) electrons. The minimum Gasteiger partial charge on any atom is -0.222 e. The van der Waals surface area contributed by atoms with E-state index >= 15 is 0 Å². The van der Waals surface area contributed by atoms with E-state index in [2.05, 4.69) is 38.9 Å². The standard InChI is InChI=1S/C14H17ClN2/c1-10-7-5-6-8-11(10)17-13(15)9-12(16-17)14(2,3)4/h5-9H,1-4H3. The fourth-order valence-corrected chi connectivity index (χ4v) is 1.93. The number of aromatic nitrogens is 2. The molecule has 1 aromatic carbocycles. The second-order valence-electron chi connectivity index (χ2n) is 5.30. The number of hydrogen-bond acceptors (Lipinski definition) is 1. The van der Waals surface area contributed by atoms with E-state index in [4.69, 9.17) is 11.6 Å². The third kappa shape index (κ3) is 2.37. The Bertz CT molecular complexity index is 535. The summed E-state index contributed by atoms with van der Waals surface area (Å²) in [7, 11) is 0. The molecule has 1 heterocycles. The topological polar surface area (TPSA) is 17.8 Å². The highest BCUT2D eigenvalue weighted by atomic mass is 35.5. The van der Waals surface area contributed by atoms with Crippen LogP contribution in [-0.2, 0) is 5.41 Å². The molecule has 0 aliphatic rings. The van der Waals surface area contributed by atoms with Gasteiger partial charge in [-0.25, -0.2) is 4.68 Å². The number of benzene rings is 1. The van der Waals surface area contributed by atoms with Gasteiger partial charge in [-0.05, 0) is 24.6 Å². The number of para-hydroxylation sites is 1. The summed E-state index contributed by atoms with van der Waals surface area (Å²) in [5.74, 6) is 0. The van der Waals surface area contributed by atoms with Crippen molar-refractivity contribution in [3.8, 4) is 5.69 Å². The van der Waals surface area contributed by atoms with Crippen LogP contribution in [0.5, 0.6) is 0 Å². The molecule has 0 fully saturated rings. The van der Waals surface area contributed by atoms with Gasteiger partial charge in [-0.3, -0.25) is 0 Å². The lowest BCUT2D eigenvalue weighted by Crippen LogP contribution is -2.12. The maximum Gasteiger partial charge on any atom is 0.133 e. The number of hydrogen-bond donors (Lipinski definition) is 0. The zero-order valence-electron chi connectivity index (χ0n) is 10.7. The van der Waals surface area contributed by atoms with Crippen LogP contribution in [0.15, 0.2) is 30.3 Å². The average Bonchev–Trinajstić information content (AvgIpc) is 2.61. The molecule has 0 aliphatic carbocycles. The second kappa shape index (κ2) is 4.19. The number of halogens is 1. The van der Waals surface area contributed by atoms with Gasteiger partial charge in [0.05, 0.1) is 11.4 Å². The van der Waals surface area contributed by atoms with Crippen LogP contribution in [0.4, 0.5) is 0 Å². The first-order valence-corrected chi connectivity index (χ1v) is 6.09. The van der Waals surface area contributed by atoms with Crippen molar-refractivity contribution in [2.24, 2.45) is 0 Å². The first kappa shape index (κ1) is 12.2. The Kier molecular flexibility index (Phi) is 3.00. The lowest BCUT2D eigenvalue weighted by atomic mass is 9.93. The molecular formula is C14H17ClN2. The molecule has 0 bridgehead atoms. The Hall–Kier alpha value is -1.28. The van der Waals surface area contributed by atoms with Crippen LogP contribution in [0.3, 0.4) is 0 Å². The summed E-state index contributed by atoms with van der Waals surface area (Å²) >= 11 is 6.26. The van der Waals surface area contributed by atoms with E-state index in [1.54, 1.807) is 4.68 Å². The molecule has 2 aromatic rings. The predicted molar refractivity (Wildman–Crippen MR) is 72.0 cm³/mol. The Morgan fingerprint density at radius 2 is 1.82 bits per heavy atom. The third-order valence-electron chi connectivity index (χ3n) is 2.78. The second-order valence-corrected chi connectivity index (χ2v) is 5.69. The summed E-state index contributed by atoms with van der Waals surface area (Å²) in [5.41, 5.74) is 3.22. The van der Waals surface area contributed by atoms with Crippen molar-refractivity contribution in [2.75, 3.05) is 0 Å². The zero-order valence-corrected chi connectivity index (χ0v) is 11.4. The van der Waals surface area contributed by atoms with E-state index in [9.17, 15) is 0 Å². The van der Waals surface area contributed by atoms with Gasteiger partial charge < -0.3 is 0 Å². The van der Waals surface area contributed by atoms with Crippen LogP contribution in [0.25, 0.3) is 5.69 Å². The normalized spacial score (nSPS) is 11.8. The summed E-state index contributed by atoms with van der Waals surface area (Å²) in [6.45, 7) is 8.46. The first-order valence-electron chi connectivity index (χ1n) is 5.71. The van der Waals surface area contributed by atoms with Gasteiger partial charge in [0.1, 0.15) is 5.15 Å². The van der Waals surface area contributed by atoms with Gasteiger partial charge in [0.2, 0.25) is 0 Å². The summed E-state index contributed by atoms with van der Waals surface area (Å²) in [4.78, 5) is 0. The van der Waals surface area contributed by atoms with Gasteiger partial charge in [0.25, 0.3) is 0 Å². The maximum absolute atomic E-state index is 6.26. The first-order chi connectivity index (χ1) is 7.89. The SMILES string of the molecule is Cc1ccccc1-n1nc(C(C)(C)C)cc1Cl. The summed E-state index contributed by atoms with van der Waals surface area (Å²) in [5, 5.41) is 5.25. The Balaban J connectivity index is 2.55. The zero-order chi connectivity index (χ0) is 12.6. The number of rotatable bonds is 1. The monoisotopic (exact) mass is 248 g/mol. The molecule has 0 aliphatic heterocycles. The highest BCUT2D eigenvalue weighted by Gasteiger charge is 2.20. The van der Waals surface area contributed by atoms with Crippen LogP contribution < -0.4 is 0 Å². The minimum absolute atomic E-state index is 0.0115. The van der Waals surface area contributed by atoms with Crippen LogP contribution in [0.1, 0.15) is 32.0 Å². The third-order valence-corrected chi connectivity index (χ3v) is 3.05. The van der Waals surface area contributed by atoms with Gasteiger partial charge in [-0.2, -0.15) is 5.10 Å². The molecule has 3 heteroatoms. The number of aryl methyl sites for hydroxylation is 1. The molecule has 0 amide bonds. The summed E-state index contributed by atoms with van der Waals surface area (Å²) in [6, 6.07) is 10.0. The molecule has 90 valence electrons. The van der Waals surface area contributed by atoms with Crippen LogP contribution in [0, 0.1) is 6.92 Å². The van der Waals surface area contributed by atoms with Crippen molar-refractivity contribution < 1.29 is 0 Å². The van der Waals surface area contributed by atoms with Crippen LogP contribution >= 0.6 is 11.6 Å². The van der Waals surface area contributed by atoms with E-state index in [1.807, 2.05) is 24.3 Å². The van der Waals surface area contributed by atoms with E-state index in [-0.39, 0.29) is 5.41 Å². The Labute approximate surface area is 107 Å². The molecule has 0 N–H and O–H groups in total. The Morgan fingerprint density at radius 1 is 1.18 bits per heavy atom.